The third kappa shape index (κ3) is 3.72. The molecular weight excluding hydrogens is 387 g/mol. The van der Waals surface area contributed by atoms with Crippen molar-refractivity contribution in [3.63, 3.8) is 0 Å². The predicted octanol–water partition coefficient (Wildman–Crippen LogP) is 3.74. The Morgan fingerprint density at radius 3 is 2.60 bits per heavy atom. The summed E-state index contributed by atoms with van der Waals surface area (Å²) < 4.78 is 19.9. The van der Waals surface area contributed by atoms with Gasteiger partial charge in [-0.05, 0) is 55.7 Å². The van der Waals surface area contributed by atoms with E-state index in [2.05, 4.69) is 15.3 Å². The van der Waals surface area contributed by atoms with E-state index in [1.54, 1.807) is 25.2 Å². The van der Waals surface area contributed by atoms with Crippen molar-refractivity contribution >= 4 is 34.2 Å². The van der Waals surface area contributed by atoms with Gasteiger partial charge in [-0.1, -0.05) is 0 Å². The number of anilines is 2. The Morgan fingerprint density at radius 2 is 1.87 bits per heavy atom. The number of amides is 1. The Balaban J connectivity index is 1.72. The summed E-state index contributed by atoms with van der Waals surface area (Å²) in [4.78, 5) is 27.3. The molecule has 1 aliphatic heterocycles. The van der Waals surface area contributed by atoms with Crippen LogP contribution in [0.1, 0.15) is 40.1 Å². The van der Waals surface area contributed by atoms with Gasteiger partial charge in [0.1, 0.15) is 5.82 Å². The molecule has 2 aromatic carbocycles. The molecule has 4 rings (SSSR count). The van der Waals surface area contributed by atoms with Gasteiger partial charge in [0.15, 0.2) is 5.69 Å². The molecule has 0 spiro atoms. The van der Waals surface area contributed by atoms with E-state index < -0.39 is 17.7 Å². The summed E-state index contributed by atoms with van der Waals surface area (Å²) in [6, 6.07) is 9.35. The van der Waals surface area contributed by atoms with Crippen LogP contribution in [0.5, 0.6) is 0 Å². The van der Waals surface area contributed by atoms with E-state index in [4.69, 9.17) is 4.74 Å². The van der Waals surface area contributed by atoms with Crippen LogP contribution >= 0.6 is 0 Å². The summed E-state index contributed by atoms with van der Waals surface area (Å²) in [7, 11) is 2.98. The summed E-state index contributed by atoms with van der Waals surface area (Å²) in [6.07, 6.45) is 3.32. The molecule has 156 valence electrons. The molecule has 0 radical (unpaired) electrons. The van der Waals surface area contributed by atoms with Crippen LogP contribution in [0.15, 0.2) is 36.4 Å². The van der Waals surface area contributed by atoms with Crippen molar-refractivity contribution in [1.82, 2.24) is 9.78 Å². The standard InChI is InChI=1S/C22H23FN4O3/c1-26-19-13-15(23)7-8-16(19)20(25-26)21(28)24-17-12-14(22(29)30-2)6-9-18(17)27-10-4-3-5-11-27/h6-9,12-13H,3-5,10-11H2,1-2H3,(H,24,28). The Labute approximate surface area is 173 Å². The van der Waals surface area contributed by atoms with Gasteiger partial charge >= 0.3 is 5.97 Å². The molecule has 1 saturated heterocycles. The maximum absolute atomic E-state index is 13.6. The Bertz CT molecular complexity index is 1120. The molecule has 1 aromatic heterocycles. The Kier molecular flexibility index (Phi) is 5.39. The molecule has 30 heavy (non-hydrogen) atoms. The molecule has 1 amide bonds. The molecule has 8 heteroatoms. The molecule has 7 nitrogen and oxygen atoms in total. The van der Waals surface area contributed by atoms with Crippen LogP contribution in [0.3, 0.4) is 0 Å². The van der Waals surface area contributed by atoms with Crippen molar-refractivity contribution in [3.8, 4) is 0 Å². The van der Waals surface area contributed by atoms with Crippen molar-refractivity contribution in [1.29, 1.82) is 0 Å². The number of halogens is 1. The first-order valence-corrected chi connectivity index (χ1v) is 9.89. The van der Waals surface area contributed by atoms with Crippen LogP contribution in [-0.2, 0) is 11.8 Å². The van der Waals surface area contributed by atoms with Crippen LogP contribution in [0.2, 0.25) is 0 Å². The minimum Gasteiger partial charge on any atom is -0.465 e. The van der Waals surface area contributed by atoms with Crippen LogP contribution in [-0.4, -0.2) is 41.9 Å². The van der Waals surface area contributed by atoms with Gasteiger partial charge in [-0.25, -0.2) is 9.18 Å². The molecule has 0 aliphatic carbocycles. The first-order valence-electron chi connectivity index (χ1n) is 9.89. The zero-order valence-corrected chi connectivity index (χ0v) is 16.9. The van der Waals surface area contributed by atoms with Crippen LogP contribution in [0.4, 0.5) is 15.8 Å². The van der Waals surface area contributed by atoms with Crippen molar-refractivity contribution < 1.29 is 18.7 Å². The number of aryl methyl sites for hydroxylation is 1. The number of nitrogens with zero attached hydrogens (tertiary/aromatic N) is 3. The molecule has 0 atom stereocenters. The number of hydrogen-bond acceptors (Lipinski definition) is 5. The highest BCUT2D eigenvalue weighted by Gasteiger charge is 2.21. The number of hydrogen-bond donors (Lipinski definition) is 1. The maximum atomic E-state index is 13.6. The monoisotopic (exact) mass is 410 g/mol. The number of esters is 1. The second-order valence-corrected chi connectivity index (χ2v) is 7.36. The van der Waals surface area contributed by atoms with E-state index in [-0.39, 0.29) is 5.69 Å². The van der Waals surface area contributed by atoms with Crippen LogP contribution in [0.25, 0.3) is 10.9 Å². The van der Waals surface area contributed by atoms with E-state index >= 15 is 0 Å². The zero-order valence-electron chi connectivity index (χ0n) is 16.9. The lowest BCUT2D eigenvalue weighted by Gasteiger charge is -2.30. The third-order valence-corrected chi connectivity index (χ3v) is 5.39. The number of carbonyl (C=O) groups excluding carboxylic acids is 2. The molecular formula is C22H23FN4O3. The van der Waals surface area contributed by atoms with Gasteiger partial charge < -0.3 is 15.0 Å². The van der Waals surface area contributed by atoms with E-state index in [0.29, 0.717) is 22.2 Å². The van der Waals surface area contributed by atoms with Crippen LogP contribution < -0.4 is 10.2 Å². The normalized spacial score (nSPS) is 14.0. The molecule has 1 aliphatic rings. The number of aromatic nitrogens is 2. The quantitative estimate of drug-likeness (QED) is 0.663. The number of ether oxygens (including phenoxy) is 1. The van der Waals surface area contributed by atoms with Gasteiger partial charge in [-0.15, -0.1) is 0 Å². The lowest BCUT2D eigenvalue weighted by molar-refractivity contribution is 0.0600. The molecule has 1 N–H and O–H groups in total. The van der Waals surface area contributed by atoms with Gasteiger partial charge in [0, 0.05) is 25.5 Å². The minimum absolute atomic E-state index is 0.195. The van der Waals surface area contributed by atoms with Gasteiger partial charge in [-0.2, -0.15) is 5.10 Å². The Morgan fingerprint density at radius 1 is 1.10 bits per heavy atom. The van der Waals surface area contributed by atoms with Crippen molar-refractivity contribution in [2.24, 2.45) is 7.05 Å². The smallest absolute Gasteiger partial charge is 0.337 e. The fourth-order valence-corrected chi connectivity index (χ4v) is 3.87. The molecule has 0 bridgehead atoms. The molecule has 0 saturated carbocycles. The number of fused-ring (bicyclic) bond motifs is 1. The topological polar surface area (TPSA) is 76.5 Å². The third-order valence-electron chi connectivity index (χ3n) is 5.39. The van der Waals surface area contributed by atoms with E-state index in [9.17, 15) is 14.0 Å². The first-order chi connectivity index (χ1) is 14.5. The van der Waals surface area contributed by atoms with Gasteiger partial charge in [0.2, 0.25) is 0 Å². The second-order valence-electron chi connectivity index (χ2n) is 7.36. The highest BCUT2D eigenvalue weighted by atomic mass is 19.1. The van der Waals surface area contributed by atoms with Crippen LogP contribution in [0, 0.1) is 5.82 Å². The van der Waals surface area contributed by atoms with Crippen molar-refractivity contribution in [2.75, 3.05) is 30.4 Å². The number of rotatable bonds is 4. The van der Waals surface area contributed by atoms with E-state index in [0.717, 1.165) is 31.6 Å². The highest BCUT2D eigenvalue weighted by Crippen LogP contribution is 2.31. The predicted molar refractivity (Wildman–Crippen MR) is 112 cm³/mol. The van der Waals surface area contributed by atoms with Gasteiger partial charge in [0.05, 0.1) is 29.6 Å². The molecule has 1 fully saturated rings. The largest absolute Gasteiger partial charge is 0.465 e. The lowest BCUT2D eigenvalue weighted by Crippen LogP contribution is -2.30. The summed E-state index contributed by atoms with van der Waals surface area (Å²) in [5, 5.41) is 7.74. The summed E-state index contributed by atoms with van der Waals surface area (Å²) >= 11 is 0. The maximum Gasteiger partial charge on any atom is 0.337 e. The molecule has 0 unspecified atom stereocenters. The molecule has 2 heterocycles. The summed E-state index contributed by atoms with van der Waals surface area (Å²) in [5.74, 6) is -1.29. The van der Waals surface area contributed by atoms with Crippen molar-refractivity contribution in [2.45, 2.75) is 19.3 Å². The second kappa shape index (κ2) is 8.14. The number of benzene rings is 2. The van der Waals surface area contributed by atoms with Gasteiger partial charge in [0.25, 0.3) is 5.91 Å². The summed E-state index contributed by atoms with van der Waals surface area (Å²) in [5.41, 5.74) is 2.44. The minimum atomic E-state index is -0.477. The summed E-state index contributed by atoms with van der Waals surface area (Å²) in [6.45, 7) is 1.76. The fraction of sp³-hybridized carbons (Fsp3) is 0.318. The average molecular weight is 410 g/mol. The average Bonchev–Trinajstić information content (AvgIpc) is 3.09. The number of nitrogens with one attached hydrogen (secondary N) is 1. The first kappa shape index (κ1) is 19.9. The SMILES string of the molecule is COC(=O)c1ccc(N2CCCCC2)c(NC(=O)c2nn(C)c3cc(F)ccc23)c1. The number of piperidine rings is 1. The van der Waals surface area contributed by atoms with Crippen molar-refractivity contribution in [3.05, 3.63) is 53.5 Å². The number of methoxy groups -OCH3 is 1. The highest BCUT2D eigenvalue weighted by molar-refractivity contribution is 6.12. The fourth-order valence-electron chi connectivity index (χ4n) is 3.87. The lowest BCUT2D eigenvalue weighted by atomic mass is 10.1. The number of carbonyl (C=O) groups is 2. The van der Waals surface area contributed by atoms with E-state index in [1.807, 2.05) is 6.07 Å². The van der Waals surface area contributed by atoms with Gasteiger partial charge in [-0.3, -0.25) is 9.48 Å². The Hall–Kier alpha value is -3.42. The van der Waals surface area contributed by atoms with E-state index in [1.165, 1.54) is 30.3 Å². The zero-order chi connectivity index (χ0) is 21.3. The molecule has 3 aromatic rings.